The summed E-state index contributed by atoms with van der Waals surface area (Å²) in [4.78, 5) is 12.2. The molecule has 3 rings (SSSR count). The number of halogens is 1. The number of nitrogens with one attached hydrogen (secondary N) is 1. The highest BCUT2D eigenvalue weighted by Gasteiger charge is 2.13. The largest absolute Gasteiger partial charge is 0.352 e. The van der Waals surface area contributed by atoms with Crippen LogP contribution >= 0.6 is 11.6 Å². The zero-order chi connectivity index (χ0) is 18.5. The first-order valence-corrected chi connectivity index (χ1v) is 9.04. The van der Waals surface area contributed by atoms with E-state index in [1.807, 2.05) is 73.1 Å². The molecule has 0 atom stereocenters. The number of nitrogens with zero attached hydrogens (tertiary/aromatic N) is 2. The van der Waals surface area contributed by atoms with Crippen LogP contribution < -0.4 is 5.32 Å². The van der Waals surface area contributed by atoms with E-state index in [2.05, 4.69) is 10.4 Å². The van der Waals surface area contributed by atoms with E-state index in [0.29, 0.717) is 24.4 Å². The summed E-state index contributed by atoms with van der Waals surface area (Å²) in [7, 11) is 0. The number of amides is 1. The van der Waals surface area contributed by atoms with Crippen molar-refractivity contribution >= 4 is 17.5 Å². The fourth-order valence-corrected chi connectivity index (χ4v) is 3.21. The molecule has 0 fully saturated rings. The molecule has 4 nitrogen and oxygen atoms in total. The zero-order valence-corrected chi connectivity index (χ0v) is 15.8. The van der Waals surface area contributed by atoms with Gasteiger partial charge in [0.15, 0.2) is 0 Å². The summed E-state index contributed by atoms with van der Waals surface area (Å²) in [6.07, 6.45) is 1.04. The minimum absolute atomic E-state index is 0.0104. The molecule has 1 heterocycles. The SMILES string of the molecule is Cc1nn(-c2ccccc2)c(C)c1CNC(=O)CCc1ccccc1Cl. The van der Waals surface area contributed by atoms with Crippen LogP contribution in [-0.4, -0.2) is 15.7 Å². The predicted octanol–water partition coefficient (Wildman–Crippen LogP) is 4.39. The maximum atomic E-state index is 12.2. The van der Waals surface area contributed by atoms with Crippen molar-refractivity contribution in [3.05, 3.63) is 82.1 Å². The smallest absolute Gasteiger partial charge is 0.220 e. The van der Waals surface area contributed by atoms with Gasteiger partial charge in [0, 0.05) is 29.2 Å². The van der Waals surface area contributed by atoms with Crippen LogP contribution in [0, 0.1) is 13.8 Å². The van der Waals surface area contributed by atoms with Crippen molar-refractivity contribution in [2.75, 3.05) is 0 Å². The van der Waals surface area contributed by atoms with E-state index in [1.165, 1.54) is 0 Å². The molecule has 0 aliphatic carbocycles. The van der Waals surface area contributed by atoms with E-state index in [0.717, 1.165) is 28.2 Å². The molecule has 0 saturated heterocycles. The quantitative estimate of drug-likeness (QED) is 0.702. The Morgan fingerprint density at radius 2 is 1.77 bits per heavy atom. The van der Waals surface area contributed by atoms with Crippen LogP contribution in [0.5, 0.6) is 0 Å². The Morgan fingerprint density at radius 3 is 2.50 bits per heavy atom. The molecule has 1 N–H and O–H groups in total. The normalized spacial score (nSPS) is 10.7. The van der Waals surface area contributed by atoms with Gasteiger partial charge in [0.25, 0.3) is 0 Å². The van der Waals surface area contributed by atoms with Crippen molar-refractivity contribution in [1.29, 1.82) is 0 Å². The number of hydrogen-bond donors (Lipinski definition) is 1. The molecular formula is C21H22ClN3O. The molecule has 1 aromatic heterocycles. The van der Waals surface area contributed by atoms with E-state index < -0.39 is 0 Å². The van der Waals surface area contributed by atoms with Gasteiger partial charge in [-0.05, 0) is 44.0 Å². The van der Waals surface area contributed by atoms with Gasteiger partial charge in [0.2, 0.25) is 5.91 Å². The second kappa shape index (κ2) is 8.19. The van der Waals surface area contributed by atoms with Crippen LogP contribution in [0.15, 0.2) is 54.6 Å². The van der Waals surface area contributed by atoms with Gasteiger partial charge in [-0.3, -0.25) is 4.79 Å². The highest BCUT2D eigenvalue weighted by Crippen LogP contribution is 2.18. The Kier molecular flexibility index (Phi) is 5.74. The van der Waals surface area contributed by atoms with E-state index >= 15 is 0 Å². The third-order valence-corrected chi connectivity index (χ3v) is 4.85. The van der Waals surface area contributed by atoms with Gasteiger partial charge >= 0.3 is 0 Å². The molecule has 2 aromatic carbocycles. The molecule has 0 aliphatic rings. The topological polar surface area (TPSA) is 46.9 Å². The second-order valence-electron chi connectivity index (χ2n) is 6.26. The molecule has 0 radical (unpaired) electrons. The van der Waals surface area contributed by atoms with Gasteiger partial charge in [-0.15, -0.1) is 0 Å². The van der Waals surface area contributed by atoms with Crippen molar-refractivity contribution in [2.45, 2.75) is 33.2 Å². The van der Waals surface area contributed by atoms with Crippen LogP contribution in [0.2, 0.25) is 5.02 Å². The van der Waals surface area contributed by atoms with Crippen molar-refractivity contribution < 1.29 is 4.79 Å². The van der Waals surface area contributed by atoms with Crippen LogP contribution in [0.3, 0.4) is 0 Å². The maximum Gasteiger partial charge on any atom is 0.220 e. The van der Waals surface area contributed by atoms with Gasteiger partial charge in [0.1, 0.15) is 0 Å². The van der Waals surface area contributed by atoms with E-state index in [4.69, 9.17) is 11.6 Å². The lowest BCUT2D eigenvalue weighted by Crippen LogP contribution is -2.23. The molecule has 134 valence electrons. The number of aromatic nitrogens is 2. The molecule has 1 amide bonds. The molecule has 0 unspecified atom stereocenters. The third-order valence-electron chi connectivity index (χ3n) is 4.48. The van der Waals surface area contributed by atoms with Crippen LogP contribution in [0.4, 0.5) is 0 Å². The number of carbonyl (C=O) groups excluding carboxylic acids is 1. The number of para-hydroxylation sites is 1. The predicted molar refractivity (Wildman–Crippen MR) is 105 cm³/mol. The lowest BCUT2D eigenvalue weighted by Gasteiger charge is -2.08. The lowest BCUT2D eigenvalue weighted by molar-refractivity contribution is -0.121. The number of rotatable bonds is 6. The highest BCUT2D eigenvalue weighted by molar-refractivity contribution is 6.31. The zero-order valence-electron chi connectivity index (χ0n) is 15.0. The Bertz CT molecular complexity index is 903. The first-order chi connectivity index (χ1) is 12.6. The minimum atomic E-state index is 0.0104. The van der Waals surface area contributed by atoms with E-state index in [1.54, 1.807) is 0 Å². The van der Waals surface area contributed by atoms with Crippen molar-refractivity contribution in [3.8, 4) is 5.69 Å². The van der Waals surface area contributed by atoms with E-state index in [-0.39, 0.29) is 5.91 Å². The fraction of sp³-hybridized carbons (Fsp3) is 0.238. The molecule has 0 saturated carbocycles. The Hall–Kier alpha value is -2.59. The summed E-state index contributed by atoms with van der Waals surface area (Å²) in [6, 6.07) is 17.6. The minimum Gasteiger partial charge on any atom is -0.352 e. The average molecular weight is 368 g/mol. The van der Waals surface area contributed by atoms with Crippen molar-refractivity contribution in [1.82, 2.24) is 15.1 Å². The summed E-state index contributed by atoms with van der Waals surface area (Å²) in [5.74, 6) is 0.0104. The second-order valence-corrected chi connectivity index (χ2v) is 6.67. The summed E-state index contributed by atoms with van der Waals surface area (Å²) >= 11 is 6.14. The molecule has 0 bridgehead atoms. The first-order valence-electron chi connectivity index (χ1n) is 8.67. The van der Waals surface area contributed by atoms with Crippen LogP contribution in [0.1, 0.15) is 28.9 Å². The Morgan fingerprint density at radius 1 is 1.08 bits per heavy atom. The number of carbonyl (C=O) groups is 1. The monoisotopic (exact) mass is 367 g/mol. The third kappa shape index (κ3) is 4.14. The molecule has 0 spiro atoms. The highest BCUT2D eigenvalue weighted by atomic mass is 35.5. The maximum absolute atomic E-state index is 12.2. The number of hydrogen-bond acceptors (Lipinski definition) is 2. The standard InChI is InChI=1S/C21H22ClN3O/c1-15-19(16(2)25(24-15)18-9-4-3-5-10-18)14-23-21(26)13-12-17-8-6-7-11-20(17)22/h3-11H,12-14H2,1-2H3,(H,23,26). The molecule has 5 heteroatoms. The van der Waals surface area contributed by atoms with Gasteiger partial charge < -0.3 is 5.32 Å². The van der Waals surface area contributed by atoms with Crippen LogP contribution in [-0.2, 0) is 17.8 Å². The van der Waals surface area contributed by atoms with Crippen LogP contribution in [0.25, 0.3) is 5.69 Å². The van der Waals surface area contributed by atoms with E-state index in [9.17, 15) is 4.79 Å². The number of aryl methyl sites for hydroxylation is 2. The first kappa shape index (κ1) is 18.2. The van der Waals surface area contributed by atoms with Crippen molar-refractivity contribution in [3.63, 3.8) is 0 Å². The Balaban J connectivity index is 1.62. The summed E-state index contributed by atoms with van der Waals surface area (Å²) < 4.78 is 1.92. The molecule has 26 heavy (non-hydrogen) atoms. The van der Waals surface area contributed by atoms with Gasteiger partial charge in [-0.1, -0.05) is 48.0 Å². The van der Waals surface area contributed by atoms with Crippen molar-refractivity contribution in [2.24, 2.45) is 0 Å². The van der Waals surface area contributed by atoms with Gasteiger partial charge in [-0.25, -0.2) is 4.68 Å². The summed E-state index contributed by atoms with van der Waals surface area (Å²) in [6.45, 7) is 4.47. The number of benzene rings is 2. The molecular weight excluding hydrogens is 346 g/mol. The fourth-order valence-electron chi connectivity index (χ4n) is 2.98. The lowest BCUT2D eigenvalue weighted by atomic mass is 10.1. The summed E-state index contributed by atoms with van der Waals surface area (Å²) in [5.41, 5.74) is 5.04. The Labute approximate surface area is 158 Å². The summed E-state index contributed by atoms with van der Waals surface area (Å²) in [5, 5.41) is 8.32. The average Bonchev–Trinajstić information content (AvgIpc) is 2.94. The molecule has 0 aliphatic heterocycles. The molecule has 3 aromatic rings. The van der Waals surface area contributed by atoms with Gasteiger partial charge in [-0.2, -0.15) is 5.10 Å². The van der Waals surface area contributed by atoms with Gasteiger partial charge in [0.05, 0.1) is 11.4 Å².